The van der Waals surface area contributed by atoms with Gasteiger partial charge in [0.05, 0.1) is 12.8 Å². The fraction of sp³-hybridized carbons (Fsp3) is 0.700. The van der Waals surface area contributed by atoms with Crippen molar-refractivity contribution in [2.24, 2.45) is 0 Å². The molecule has 0 saturated carbocycles. The summed E-state index contributed by atoms with van der Waals surface area (Å²) in [6, 6.07) is -0.428. The van der Waals surface area contributed by atoms with E-state index in [0.717, 1.165) is 19.4 Å². The van der Waals surface area contributed by atoms with E-state index >= 15 is 0 Å². The number of rotatable bonds is 4. The summed E-state index contributed by atoms with van der Waals surface area (Å²) in [6.45, 7) is 0.739. The Balaban J connectivity index is 2.26. The van der Waals surface area contributed by atoms with Crippen LogP contribution in [0.25, 0.3) is 0 Å². The van der Waals surface area contributed by atoms with Gasteiger partial charge in [-0.25, -0.2) is 4.79 Å². The molecule has 0 aromatic heterocycles. The van der Waals surface area contributed by atoms with Crippen molar-refractivity contribution in [3.63, 3.8) is 0 Å². The molecule has 16 heavy (non-hydrogen) atoms. The first-order valence-corrected chi connectivity index (χ1v) is 5.29. The summed E-state index contributed by atoms with van der Waals surface area (Å²) in [5.74, 6) is -2.46. The van der Waals surface area contributed by atoms with Gasteiger partial charge < -0.3 is 15.2 Å². The van der Waals surface area contributed by atoms with Gasteiger partial charge in [-0.15, -0.1) is 0 Å². The third-order valence-corrected chi connectivity index (χ3v) is 2.35. The highest BCUT2D eigenvalue weighted by atomic mass is 16.6. The zero-order chi connectivity index (χ0) is 12.0. The molecule has 6 heteroatoms. The maximum atomic E-state index is 11.4. The van der Waals surface area contributed by atoms with Crippen LogP contribution in [0.2, 0.25) is 0 Å². The summed E-state index contributed by atoms with van der Waals surface area (Å²) in [4.78, 5) is 32.7. The van der Waals surface area contributed by atoms with Crippen LogP contribution < -0.4 is 5.32 Å². The van der Waals surface area contributed by atoms with E-state index in [1.54, 1.807) is 0 Å². The van der Waals surface area contributed by atoms with Crippen LogP contribution in [0.1, 0.15) is 32.1 Å². The zero-order valence-corrected chi connectivity index (χ0v) is 8.90. The molecule has 0 aromatic carbocycles. The third-order valence-electron chi connectivity index (χ3n) is 2.35. The van der Waals surface area contributed by atoms with Crippen molar-refractivity contribution in [2.75, 3.05) is 6.54 Å². The number of carbonyl (C=O) groups is 3. The van der Waals surface area contributed by atoms with Crippen LogP contribution in [0.4, 0.5) is 0 Å². The van der Waals surface area contributed by atoms with E-state index in [-0.39, 0.29) is 12.8 Å². The van der Waals surface area contributed by atoms with Gasteiger partial charge in [-0.1, -0.05) is 6.42 Å². The Morgan fingerprint density at radius 1 is 1.25 bits per heavy atom. The van der Waals surface area contributed by atoms with Crippen molar-refractivity contribution < 1.29 is 24.2 Å². The minimum Gasteiger partial charge on any atom is -0.481 e. The van der Waals surface area contributed by atoms with Crippen LogP contribution >= 0.6 is 0 Å². The third kappa shape index (κ3) is 4.39. The number of esters is 2. The molecule has 1 aliphatic heterocycles. The monoisotopic (exact) mass is 229 g/mol. The molecule has 1 rings (SSSR count). The first kappa shape index (κ1) is 12.6. The van der Waals surface area contributed by atoms with Crippen molar-refractivity contribution in [3.8, 4) is 0 Å². The maximum Gasteiger partial charge on any atom is 0.330 e. The molecule has 0 amide bonds. The van der Waals surface area contributed by atoms with Crippen LogP contribution in [0.5, 0.6) is 0 Å². The SMILES string of the molecule is O=C(O)CCC(=O)OC(=O)[C@@H]1CCCCN1. The first-order chi connectivity index (χ1) is 7.59. The number of ether oxygens (including phenoxy) is 1. The molecule has 2 N–H and O–H groups in total. The number of hydrogen-bond donors (Lipinski definition) is 2. The van der Waals surface area contributed by atoms with Crippen molar-refractivity contribution in [3.05, 3.63) is 0 Å². The minimum atomic E-state index is -1.08. The molecule has 0 unspecified atom stereocenters. The normalized spacial score (nSPS) is 20.1. The number of carboxylic acid groups (broad SMARTS) is 1. The molecule has 90 valence electrons. The highest BCUT2D eigenvalue weighted by Crippen LogP contribution is 2.08. The zero-order valence-electron chi connectivity index (χ0n) is 8.90. The lowest BCUT2D eigenvalue weighted by Gasteiger charge is -2.20. The molecular formula is C10H15NO5. The number of aliphatic carboxylic acids is 1. The summed E-state index contributed by atoms with van der Waals surface area (Å²) in [7, 11) is 0. The second-order valence-electron chi connectivity index (χ2n) is 3.69. The average Bonchev–Trinajstić information content (AvgIpc) is 2.27. The van der Waals surface area contributed by atoms with Gasteiger partial charge in [-0.2, -0.15) is 0 Å². The second-order valence-corrected chi connectivity index (χ2v) is 3.69. The largest absolute Gasteiger partial charge is 0.481 e. The summed E-state index contributed by atoms with van der Waals surface area (Å²) in [5, 5.41) is 11.3. The van der Waals surface area contributed by atoms with E-state index in [1.807, 2.05) is 0 Å². The predicted octanol–water partition coefficient (Wildman–Crippen LogP) is 0.0631. The number of hydrogen-bond acceptors (Lipinski definition) is 5. The Labute approximate surface area is 93.0 Å². The number of piperidine rings is 1. The Hall–Kier alpha value is -1.43. The van der Waals surface area contributed by atoms with Gasteiger partial charge in [0.15, 0.2) is 0 Å². The summed E-state index contributed by atoms with van der Waals surface area (Å²) >= 11 is 0. The Kier molecular flexibility index (Phi) is 4.91. The summed E-state index contributed by atoms with van der Waals surface area (Å²) in [6.07, 6.45) is 2.01. The molecule has 1 atom stereocenters. The van der Waals surface area contributed by atoms with Gasteiger partial charge in [0, 0.05) is 0 Å². The summed E-state index contributed by atoms with van der Waals surface area (Å²) < 4.78 is 4.54. The average molecular weight is 229 g/mol. The molecule has 0 aliphatic carbocycles. The highest BCUT2D eigenvalue weighted by Gasteiger charge is 2.24. The minimum absolute atomic E-state index is 0.270. The Morgan fingerprint density at radius 3 is 2.56 bits per heavy atom. The Bertz CT molecular complexity index is 283. The molecule has 6 nitrogen and oxygen atoms in total. The van der Waals surface area contributed by atoms with Gasteiger partial charge in [0.1, 0.15) is 6.04 Å². The van der Waals surface area contributed by atoms with E-state index in [9.17, 15) is 14.4 Å². The van der Waals surface area contributed by atoms with Crippen LogP contribution in [-0.4, -0.2) is 35.6 Å². The molecule has 1 heterocycles. The van der Waals surface area contributed by atoms with Crippen molar-refractivity contribution in [1.29, 1.82) is 0 Å². The van der Waals surface area contributed by atoms with Gasteiger partial charge in [-0.3, -0.25) is 9.59 Å². The van der Waals surface area contributed by atoms with Crippen LogP contribution in [0.15, 0.2) is 0 Å². The van der Waals surface area contributed by atoms with Crippen LogP contribution in [0.3, 0.4) is 0 Å². The van der Waals surface area contributed by atoms with Crippen molar-refractivity contribution >= 4 is 17.9 Å². The molecule has 0 aromatic rings. The second kappa shape index (κ2) is 6.22. The fourth-order valence-electron chi connectivity index (χ4n) is 1.50. The highest BCUT2D eigenvalue weighted by molar-refractivity contribution is 5.89. The topological polar surface area (TPSA) is 92.7 Å². The summed E-state index contributed by atoms with van der Waals surface area (Å²) in [5.41, 5.74) is 0. The van der Waals surface area contributed by atoms with Gasteiger partial charge >= 0.3 is 17.9 Å². The van der Waals surface area contributed by atoms with Gasteiger partial charge in [0.2, 0.25) is 0 Å². The molecular weight excluding hydrogens is 214 g/mol. The van der Waals surface area contributed by atoms with E-state index in [1.165, 1.54) is 0 Å². The van der Waals surface area contributed by atoms with E-state index in [4.69, 9.17) is 5.11 Å². The van der Waals surface area contributed by atoms with Gasteiger partial charge in [-0.05, 0) is 19.4 Å². The van der Waals surface area contributed by atoms with Crippen molar-refractivity contribution in [2.45, 2.75) is 38.1 Å². The molecule has 0 radical (unpaired) electrons. The smallest absolute Gasteiger partial charge is 0.330 e. The molecule has 1 fully saturated rings. The lowest BCUT2D eigenvalue weighted by Crippen LogP contribution is -2.42. The van der Waals surface area contributed by atoms with Crippen LogP contribution in [0, 0.1) is 0 Å². The van der Waals surface area contributed by atoms with E-state index < -0.39 is 23.9 Å². The lowest BCUT2D eigenvalue weighted by molar-refractivity contribution is -0.162. The van der Waals surface area contributed by atoms with Crippen molar-refractivity contribution in [1.82, 2.24) is 5.32 Å². The first-order valence-electron chi connectivity index (χ1n) is 5.29. The number of carbonyl (C=O) groups excluding carboxylic acids is 2. The van der Waals surface area contributed by atoms with E-state index in [2.05, 4.69) is 10.1 Å². The van der Waals surface area contributed by atoms with Crippen LogP contribution in [-0.2, 0) is 19.1 Å². The lowest BCUT2D eigenvalue weighted by atomic mass is 10.1. The predicted molar refractivity (Wildman–Crippen MR) is 53.6 cm³/mol. The fourth-order valence-corrected chi connectivity index (χ4v) is 1.50. The molecule has 0 bridgehead atoms. The molecule has 1 saturated heterocycles. The number of nitrogens with one attached hydrogen (secondary N) is 1. The van der Waals surface area contributed by atoms with E-state index in [0.29, 0.717) is 6.42 Å². The maximum absolute atomic E-state index is 11.4. The quantitative estimate of drug-likeness (QED) is 0.523. The van der Waals surface area contributed by atoms with Gasteiger partial charge in [0.25, 0.3) is 0 Å². The number of carboxylic acids is 1. The Morgan fingerprint density at radius 2 is 2.00 bits per heavy atom. The molecule has 1 aliphatic rings. The standard InChI is InChI=1S/C10H15NO5/c12-8(13)4-5-9(14)16-10(15)7-3-1-2-6-11-7/h7,11H,1-6H2,(H,12,13)/t7-/m0/s1. The molecule has 0 spiro atoms.